The fourth-order valence-electron chi connectivity index (χ4n) is 5.25. The number of benzene rings is 1. The summed E-state index contributed by atoms with van der Waals surface area (Å²) < 4.78 is 68.9. The van der Waals surface area contributed by atoms with Crippen molar-refractivity contribution in [2.45, 2.75) is 51.4 Å². The van der Waals surface area contributed by atoms with Crippen LogP contribution in [-0.2, 0) is 23.9 Å². The van der Waals surface area contributed by atoms with Gasteiger partial charge in [0, 0.05) is 62.1 Å². The van der Waals surface area contributed by atoms with Gasteiger partial charge in [-0.15, -0.1) is 0 Å². The fourth-order valence-corrected chi connectivity index (χ4v) is 5.25. The molecule has 0 saturated carbocycles. The minimum atomic E-state index is -4.88. The molecule has 0 aliphatic carbocycles. The molecule has 1 aliphatic rings. The van der Waals surface area contributed by atoms with Crippen molar-refractivity contribution in [2.24, 2.45) is 5.73 Å². The number of nitrogens with zero attached hydrogens (tertiary/aromatic N) is 6. The van der Waals surface area contributed by atoms with Crippen LogP contribution in [0.2, 0.25) is 0 Å². The molecule has 1 fully saturated rings. The highest BCUT2D eigenvalue weighted by Crippen LogP contribution is 2.37. The zero-order valence-corrected chi connectivity index (χ0v) is 26.3. The summed E-state index contributed by atoms with van der Waals surface area (Å²) in [7, 11) is 0. The van der Waals surface area contributed by atoms with Gasteiger partial charge in [-0.3, -0.25) is 18.7 Å². The summed E-state index contributed by atoms with van der Waals surface area (Å²) in [4.78, 5) is 43.6. The normalized spacial score (nSPS) is 14.4. The monoisotopic (exact) mass is 694 g/mol. The van der Waals surface area contributed by atoms with Gasteiger partial charge in [0.05, 0.1) is 17.5 Å². The zero-order chi connectivity index (χ0) is 35.7. The SMILES string of the molecule is CCc1cc(Nc2nccn3c(-c4cn(CC(F)F)nc4C(F)(F)F)cnc23)ccc1C(=O)NCCCNC(=O)N1CCC(N)C1.O=CO. The highest BCUT2D eigenvalue weighted by molar-refractivity contribution is 5.96. The molecule has 3 aromatic heterocycles. The lowest BCUT2D eigenvalue weighted by Gasteiger charge is -2.16. The first-order valence-corrected chi connectivity index (χ1v) is 15.2. The number of amides is 3. The van der Waals surface area contributed by atoms with Crippen molar-refractivity contribution in [2.75, 3.05) is 31.5 Å². The maximum absolute atomic E-state index is 13.7. The van der Waals surface area contributed by atoms with Crippen LogP contribution in [0.1, 0.15) is 41.4 Å². The van der Waals surface area contributed by atoms with Crippen LogP contribution >= 0.6 is 0 Å². The van der Waals surface area contributed by atoms with Crippen molar-refractivity contribution in [3.63, 3.8) is 0 Å². The third-order valence-corrected chi connectivity index (χ3v) is 7.48. The summed E-state index contributed by atoms with van der Waals surface area (Å²) in [6.45, 7) is 2.56. The van der Waals surface area contributed by atoms with Crippen molar-refractivity contribution < 1.29 is 41.4 Å². The first kappa shape index (κ1) is 36.5. The van der Waals surface area contributed by atoms with Crippen LogP contribution in [0.4, 0.5) is 38.3 Å². The Labute approximate surface area is 276 Å². The van der Waals surface area contributed by atoms with Crippen LogP contribution in [-0.4, -0.2) is 91.2 Å². The molecular weight excluding hydrogens is 659 g/mol. The van der Waals surface area contributed by atoms with Crippen LogP contribution < -0.4 is 21.7 Å². The van der Waals surface area contributed by atoms with Crippen molar-refractivity contribution in [1.29, 1.82) is 0 Å². The number of carbonyl (C=O) groups is 3. The first-order valence-electron chi connectivity index (χ1n) is 15.2. The van der Waals surface area contributed by atoms with Crippen LogP contribution in [0.15, 0.2) is 43.0 Å². The Bertz CT molecular complexity index is 1760. The Hall–Kier alpha value is -5.33. The van der Waals surface area contributed by atoms with E-state index in [0.29, 0.717) is 55.0 Å². The predicted molar refractivity (Wildman–Crippen MR) is 168 cm³/mol. The van der Waals surface area contributed by atoms with Gasteiger partial charge < -0.3 is 31.7 Å². The molecule has 4 aromatic rings. The standard InChI is InChI=1S/C29H33F5N10O2.CH2O2/c1-2-17-12-19(4-5-20(17)27(45)37-7-3-8-38-28(46)42-10-6-18(35)14-42)40-25-26-39-13-22(44(26)11-9-36-25)21-15-43(16-23(30)31)41-24(21)29(32,33)34;2-1-3/h4-5,9,11-13,15,18,23H,2-3,6-8,10,14,16,35H2,1H3,(H,36,40)(H,37,45)(H,38,46);1H,(H,2,3). The van der Waals surface area contributed by atoms with E-state index in [2.05, 4.69) is 31.0 Å². The number of aromatic nitrogens is 5. The van der Waals surface area contributed by atoms with Crippen molar-refractivity contribution in [1.82, 2.24) is 39.7 Å². The van der Waals surface area contributed by atoms with Crippen molar-refractivity contribution >= 4 is 35.6 Å². The second-order valence-electron chi connectivity index (χ2n) is 10.9. The Morgan fingerprint density at radius 2 is 1.92 bits per heavy atom. The van der Waals surface area contributed by atoms with Gasteiger partial charge in [-0.25, -0.2) is 23.5 Å². The van der Waals surface area contributed by atoms with Gasteiger partial charge in [0.1, 0.15) is 6.54 Å². The summed E-state index contributed by atoms with van der Waals surface area (Å²) in [5.41, 5.74) is 6.08. The molecule has 6 N–H and O–H groups in total. The minimum absolute atomic E-state index is 0.00320. The molecule has 0 bridgehead atoms. The molecule has 1 unspecified atom stereocenters. The molecule has 1 saturated heterocycles. The number of alkyl halides is 5. The van der Waals surface area contributed by atoms with E-state index in [1.807, 2.05) is 6.92 Å². The largest absolute Gasteiger partial charge is 0.483 e. The maximum atomic E-state index is 13.7. The molecule has 49 heavy (non-hydrogen) atoms. The van der Waals surface area contributed by atoms with Crippen LogP contribution in [0, 0.1) is 0 Å². The quantitative estimate of drug-likeness (QED) is 0.0887. The number of aryl methyl sites for hydroxylation is 1. The summed E-state index contributed by atoms with van der Waals surface area (Å²) in [5.74, 6) is -0.0503. The number of fused-ring (bicyclic) bond motifs is 1. The summed E-state index contributed by atoms with van der Waals surface area (Å²) >= 11 is 0. The fraction of sp³-hybridized carbons (Fsp3) is 0.400. The summed E-state index contributed by atoms with van der Waals surface area (Å²) in [5, 5.41) is 19.0. The number of halogens is 5. The molecule has 14 nitrogen and oxygen atoms in total. The van der Waals surface area contributed by atoms with E-state index in [4.69, 9.17) is 15.6 Å². The van der Waals surface area contributed by atoms with E-state index in [-0.39, 0.29) is 41.6 Å². The van der Waals surface area contributed by atoms with Crippen molar-refractivity contribution in [3.05, 3.63) is 59.8 Å². The number of likely N-dealkylation sites (tertiary alicyclic amines) is 1. The molecule has 5 rings (SSSR count). The van der Waals surface area contributed by atoms with Gasteiger partial charge in [-0.2, -0.15) is 18.3 Å². The lowest BCUT2D eigenvalue weighted by atomic mass is 10.0. The average molecular weight is 695 g/mol. The summed E-state index contributed by atoms with van der Waals surface area (Å²) in [6.07, 6.45) is -1.04. The van der Waals surface area contributed by atoms with Gasteiger partial charge in [0.25, 0.3) is 18.8 Å². The molecule has 1 aliphatic heterocycles. The van der Waals surface area contributed by atoms with Crippen LogP contribution in [0.25, 0.3) is 16.9 Å². The molecule has 264 valence electrons. The molecule has 0 radical (unpaired) electrons. The number of carboxylic acid groups (broad SMARTS) is 1. The number of imidazole rings is 1. The zero-order valence-electron chi connectivity index (χ0n) is 26.3. The Morgan fingerprint density at radius 3 is 2.57 bits per heavy atom. The Kier molecular flexibility index (Phi) is 12.1. The number of carbonyl (C=O) groups excluding carboxylic acids is 2. The Morgan fingerprint density at radius 1 is 1.18 bits per heavy atom. The summed E-state index contributed by atoms with van der Waals surface area (Å²) in [6, 6.07) is 4.92. The van der Waals surface area contributed by atoms with Gasteiger partial charge in [-0.05, 0) is 43.0 Å². The molecule has 4 heterocycles. The molecule has 3 amide bonds. The number of urea groups is 1. The Balaban J connectivity index is 0.00000174. The number of rotatable bonds is 11. The number of hydrogen-bond donors (Lipinski definition) is 5. The second-order valence-corrected chi connectivity index (χ2v) is 10.9. The van der Waals surface area contributed by atoms with Gasteiger partial charge in [0.2, 0.25) is 0 Å². The van der Waals surface area contributed by atoms with E-state index in [1.54, 1.807) is 23.1 Å². The van der Waals surface area contributed by atoms with E-state index in [1.165, 1.54) is 23.0 Å². The van der Waals surface area contributed by atoms with Gasteiger partial charge in [0.15, 0.2) is 17.2 Å². The third-order valence-electron chi connectivity index (χ3n) is 7.48. The van der Waals surface area contributed by atoms with Gasteiger partial charge in [-0.1, -0.05) is 6.92 Å². The van der Waals surface area contributed by atoms with E-state index >= 15 is 0 Å². The highest BCUT2D eigenvalue weighted by atomic mass is 19.4. The number of hydrogen-bond acceptors (Lipinski definition) is 8. The third kappa shape index (κ3) is 9.18. The van der Waals surface area contributed by atoms with Crippen molar-refractivity contribution in [3.8, 4) is 11.3 Å². The highest BCUT2D eigenvalue weighted by Gasteiger charge is 2.38. The smallest absolute Gasteiger partial charge is 0.435 e. The van der Waals surface area contributed by atoms with Crippen LogP contribution in [0.5, 0.6) is 0 Å². The lowest BCUT2D eigenvalue weighted by molar-refractivity contribution is -0.141. The molecule has 0 spiro atoms. The predicted octanol–water partition coefficient (Wildman–Crippen LogP) is 3.75. The first-order chi connectivity index (χ1) is 23.4. The molecular formula is C30H35F5N10O4. The second kappa shape index (κ2) is 16.2. The topological polar surface area (TPSA) is 185 Å². The molecule has 19 heteroatoms. The minimum Gasteiger partial charge on any atom is -0.483 e. The number of anilines is 2. The van der Waals surface area contributed by atoms with Crippen LogP contribution in [0.3, 0.4) is 0 Å². The average Bonchev–Trinajstić information content (AvgIpc) is 3.79. The number of nitrogens with two attached hydrogens (primary N) is 1. The van der Waals surface area contributed by atoms with E-state index in [0.717, 1.165) is 18.2 Å². The van der Waals surface area contributed by atoms with E-state index < -0.39 is 30.4 Å². The van der Waals surface area contributed by atoms with E-state index in [9.17, 15) is 31.5 Å². The molecule has 1 aromatic carbocycles. The maximum Gasteiger partial charge on any atom is 0.435 e. The van der Waals surface area contributed by atoms with Gasteiger partial charge >= 0.3 is 12.2 Å². The lowest BCUT2D eigenvalue weighted by Crippen LogP contribution is -2.40. The molecule has 1 atom stereocenters. The number of nitrogens with one attached hydrogen (secondary N) is 3.